The second-order valence-corrected chi connectivity index (χ2v) is 5.53. The first kappa shape index (κ1) is 11.0. The molecule has 2 N–H and O–H groups in total. The molecule has 1 aliphatic heterocycles. The molecular formula is C10H14N2OS2. The number of hydrogen-bond donors (Lipinski definition) is 2. The zero-order chi connectivity index (χ0) is 10.7. The fraction of sp³-hybridized carbons (Fsp3) is 0.500. The minimum Gasteiger partial charge on any atom is -0.347 e. The molecule has 0 aromatic carbocycles. The van der Waals surface area contributed by atoms with E-state index < -0.39 is 0 Å². The summed E-state index contributed by atoms with van der Waals surface area (Å²) in [6, 6.07) is 4.15. The van der Waals surface area contributed by atoms with Crippen LogP contribution in [-0.4, -0.2) is 23.6 Å². The lowest BCUT2D eigenvalue weighted by Gasteiger charge is -2.15. The average molecular weight is 242 g/mol. The Labute approximate surface area is 97.6 Å². The van der Waals surface area contributed by atoms with E-state index >= 15 is 0 Å². The van der Waals surface area contributed by atoms with Crippen LogP contribution in [0.2, 0.25) is 0 Å². The number of carbonyl (C=O) groups is 1. The molecule has 0 bridgehead atoms. The second-order valence-electron chi connectivity index (χ2n) is 3.52. The number of amides is 1. The highest BCUT2D eigenvalue weighted by Crippen LogP contribution is 2.18. The normalized spacial score (nSPS) is 22.6. The summed E-state index contributed by atoms with van der Waals surface area (Å²) in [4.78, 5) is 13.0. The second kappa shape index (κ2) is 5.01. The van der Waals surface area contributed by atoms with Crippen molar-refractivity contribution < 1.29 is 4.79 Å². The van der Waals surface area contributed by atoms with Crippen LogP contribution >= 0.6 is 23.1 Å². The van der Waals surface area contributed by atoms with Crippen LogP contribution in [0.5, 0.6) is 0 Å². The van der Waals surface area contributed by atoms with E-state index in [1.165, 1.54) is 4.88 Å². The minimum absolute atomic E-state index is 0.0163. The van der Waals surface area contributed by atoms with Crippen molar-refractivity contribution in [3.63, 3.8) is 0 Å². The van der Waals surface area contributed by atoms with Gasteiger partial charge in [0, 0.05) is 16.5 Å². The van der Waals surface area contributed by atoms with E-state index in [4.69, 9.17) is 0 Å². The summed E-state index contributed by atoms with van der Waals surface area (Å²) >= 11 is 3.44. The molecule has 1 aromatic rings. The molecule has 1 fully saturated rings. The van der Waals surface area contributed by atoms with Crippen molar-refractivity contribution >= 4 is 29.0 Å². The Morgan fingerprint density at radius 3 is 3.20 bits per heavy atom. The van der Waals surface area contributed by atoms with Crippen molar-refractivity contribution in [1.29, 1.82) is 0 Å². The maximum Gasteiger partial charge on any atom is 0.238 e. The Balaban J connectivity index is 1.88. The van der Waals surface area contributed by atoms with Gasteiger partial charge in [-0.25, -0.2) is 0 Å². The molecule has 1 saturated heterocycles. The first-order valence-corrected chi connectivity index (χ1v) is 6.95. The molecule has 82 valence electrons. The van der Waals surface area contributed by atoms with Crippen LogP contribution in [0.15, 0.2) is 17.5 Å². The fourth-order valence-corrected chi connectivity index (χ4v) is 3.16. The topological polar surface area (TPSA) is 41.1 Å². The minimum atomic E-state index is -0.0163. The Kier molecular flexibility index (Phi) is 3.66. The third-order valence-corrected chi connectivity index (χ3v) is 4.36. The maximum absolute atomic E-state index is 11.8. The molecule has 2 heterocycles. The van der Waals surface area contributed by atoms with Crippen molar-refractivity contribution in [3.05, 3.63) is 22.4 Å². The van der Waals surface area contributed by atoms with E-state index in [-0.39, 0.29) is 18.0 Å². The van der Waals surface area contributed by atoms with Gasteiger partial charge in [-0.2, -0.15) is 0 Å². The Hall–Kier alpha value is -0.520. The standard InChI is InChI=1S/C10H14N2OS2/c1-7(9-3-2-4-15-9)12-10(13)8-5-14-6-11-8/h2-4,7-8,11H,5-6H2,1H3,(H,12,13). The summed E-state index contributed by atoms with van der Waals surface area (Å²) in [5.74, 6) is 1.87. The van der Waals surface area contributed by atoms with Crippen LogP contribution in [0, 0.1) is 0 Å². The maximum atomic E-state index is 11.8. The van der Waals surface area contributed by atoms with E-state index in [1.54, 1.807) is 23.1 Å². The van der Waals surface area contributed by atoms with E-state index in [9.17, 15) is 4.79 Å². The molecule has 15 heavy (non-hydrogen) atoms. The first-order chi connectivity index (χ1) is 7.27. The van der Waals surface area contributed by atoms with Crippen molar-refractivity contribution in [3.8, 4) is 0 Å². The summed E-state index contributed by atoms with van der Waals surface area (Å²) in [6.07, 6.45) is 0. The Morgan fingerprint density at radius 2 is 2.60 bits per heavy atom. The van der Waals surface area contributed by atoms with E-state index in [0.29, 0.717) is 0 Å². The Morgan fingerprint density at radius 1 is 1.73 bits per heavy atom. The zero-order valence-electron chi connectivity index (χ0n) is 8.53. The number of hydrogen-bond acceptors (Lipinski definition) is 4. The SMILES string of the molecule is CC(NC(=O)C1CSCN1)c1cccs1. The van der Waals surface area contributed by atoms with Crippen LogP contribution in [0.3, 0.4) is 0 Å². The van der Waals surface area contributed by atoms with E-state index in [1.807, 2.05) is 24.4 Å². The van der Waals surface area contributed by atoms with Crippen molar-refractivity contribution in [1.82, 2.24) is 10.6 Å². The highest BCUT2D eigenvalue weighted by atomic mass is 32.2. The summed E-state index contributed by atoms with van der Waals surface area (Å²) < 4.78 is 0. The van der Waals surface area contributed by atoms with Gasteiger partial charge in [-0.1, -0.05) is 6.07 Å². The molecule has 2 rings (SSSR count). The van der Waals surface area contributed by atoms with Gasteiger partial charge in [0.15, 0.2) is 0 Å². The molecule has 1 aromatic heterocycles. The summed E-state index contributed by atoms with van der Waals surface area (Å²) in [5.41, 5.74) is 0. The molecule has 0 radical (unpaired) electrons. The molecule has 1 aliphatic rings. The molecule has 5 heteroatoms. The molecule has 1 amide bonds. The van der Waals surface area contributed by atoms with Gasteiger partial charge in [0.2, 0.25) is 5.91 Å². The van der Waals surface area contributed by atoms with Crippen LogP contribution in [0.1, 0.15) is 17.8 Å². The first-order valence-electron chi connectivity index (χ1n) is 4.92. The van der Waals surface area contributed by atoms with Crippen LogP contribution < -0.4 is 10.6 Å². The van der Waals surface area contributed by atoms with Crippen LogP contribution in [-0.2, 0) is 4.79 Å². The van der Waals surface area contributed by atoms with Gasteiger partial charge < -0.3 is 5.32 Å². The lowest BCUT2D eigenvalue weighted by Crippen LogP contribution is -2.42. The monoisotopic (exact) mass is 242 g/mol. The molecule has 0 spiro atoms. The number of rotatable bonds is 3. The van der Waals surface area contributed by atoms with Crippen molar-refractivity contribution in [2.45, 2.75) is 19.0 Å². The van der Waals surface area contributed by atoms with Crippen molar-refractivity contribution in [2.75, 3.05) is 11.6 Å². The number of nitrogens with one attached hydrogen (secondary N) is 2. The number of carbonyl (C=O) groups excluding carboxylic acids is 1. The zero-order valence-corrected chi connectivity index (χ0v) is 10.2. The van der Waals surface area contributed by atoms with Gasteiger partial charge in [0.25, 0.3) is 0 Å². The number of thioether (sulfide) groups is 1. The van der Waals surface area contributed by atoms with Gasteiger partial charge >= 0.3 is 0 Å². The molecule has 0 saturated carbocycles. The quantitative estimate of drug-likeness (QED) is 0.845. The van der Waals surface area contributed by atoms with Crippen LogP contribution in [0.25, 0.3) is 0 Å². The lowest BCUT2D eigenvalue weighted by molar-refractivity contribution is -0.123. The van der Waals surface area contributed by atoms with Gasteiger partial charge in [-0.05, 0) is 18.4 Å². The lowest BCUT2D eigenvalue weighted by atomic mass is 10.2. The fourth-order valence-electron chi connectivity index (χ4n) is 1.49. The predicted molar refractivity (Wildman–Crippen MR) is 65.1 cm³/mol. The third-order valence-electron chi connectivity index (χ3n) is 2.36. The predicted octanol–water partition coefficient (Wildman–Crippen LogP) is 1.59. The van der Waals surface area contributed by atoms with E-state index in [0.717, 1.165) is 11.6 Å². The molecule has 0 aliphatic carbocycles. The molecular weight excluding hydrogens is 228 g/mol. The highest BCUT2D eigenvalue weighted by molar-refractivity contribution is 7.99. The summed E-state index contributed by atoms with van der Waals surface area (Å²) in [5, 5.41) is 8.21. The third kappa shape index (κ3) is 2.74. The highest BCUT2D eigenvalue weighted by Gasteiger charge is 2.23. The van der Waals surface area contributed by atoms with Gasteiger partial charge in [-0.15, -0.1) is 23.1 Å². The van der Waals surface area contributed by atoms with Crippen LogP contribution in [0.4, 0.5) is 0 Å². The van der Waals surface area contributed by atoms with Gasteiger partial charge in [0.05, 0.1) is 12.1 Å². The van der Waals surface area contributed by atoms with E-state index in [2.05, 4.69) is 10.6 Å². The molecule has 3 nitrogen and oxygen atoms in total. The summed E-state index contributed by atoms with van der Waals surface area (Å²) in [6.45, 7) is 2.02. The average Bonchev–Trinajstić information content (AvgIpc) is 2.91. The smallest absolute Gasteiger partial charge is 0.238 e. The molecule has 2 atom stereocenters. The van der Waals surface area contributed by atoms with Gasteiger partial charge in [-0.3, -0.25) is 10.1 Å². The summed E-state index contributed by atoms with van der Waals surface area (Å²) in [7, 11) is 0. The molecule has 2 unspecified atom stereocenters. The van der Waals surface area contributed by atoms with Crippen molar-refractivity contribution in [2.24, 2.45) is 0 Å². The number of thiophene rings is 1. The Bertz CT molecular complexity index is 320. The van der Waals surface area contributed by atoms with Gasteiger partial charge in [0.1, 0.15) is 0 Å². The largest absolute Gasteiger partial charge is 0.347 e.